The second-order valence-corrected chi connectivity index (χ2v) is 4.70. The van der Waals surface area contributed by atoms with Gasteiger partial charge in [-0.15, -0.1) is 0 Å². The summed E-state index contributed by atoms with van der Waals surface area (Å²) in [6, 6.07) is 4.01. The zero-order valence-corrected chi connectivity index (χ0v) is 12.0. The standard InChI is InChI=1S/C14H14F3NO5/c1-2-8(19)7-10(12(13(20)21)18(22)23)9-5-3-4-6-11(9)14(15,16)17/h3-6,10,20-21H,2,7H2,1H3. The number of aliphatic hydroxyl groups excluding tert-OH is 1. The van der Waals surface area contributed by atoms with Gasteiger partial charge < -0.3 is 10.2 Å². The van der Waals surface area contributed by atoms with Crippen LogP contribution in [0.25, 0.3) is 0 Å². The molecule has 1 rings (SSSR count). The third kappa shape index (κ3) is 4.44. The van der Waals surface area contributed by atoms with Crippen LogP contribution in [0.4, 0.5) is 13.2 Å². The van der Waals surface area contributed by atoms with Gasteiger partial charge in [-0.2, -0.15) is 13.2 Å². The van der Waals surface area contributed by atoms with Gasteiger partial charge in [0.25, 0.3) is 0 Å². The molecule has 0 radical (unpaired) electrons. The summed E-state index contributed by atoms with van der Waals surface area (Å²) in [4.78, 5) is 21.4. The van der Waals surface area contributed by atoms with Gasteiger partial charge in [-0.1, -0.05) is 25.1 Å². The van der Waals surface area contributed by atoms with Crippen molar-refractivity contribution in [3.05, 3.63) is 57.1 Å². The maximum atomic E-state index is 13.1. The minimum Gasteiger partial charge on any atom is -0.476 e. The molecule has 0 aromatic heterocycles. The first-order valence-corrected chi connectivity index (χ1v) is 6.53. The van der Waals surface area contributed by atoms with E-state index in [4.69, 9.17) is 10.2 Å². The molecule has 1 aromatic rings. The minimum absolute atomic E-state index is 0.0537. The van der Waals surface area contributed by atoms with Crippen molar-refractivity contribution in [1.82, 2.24) is 0 Å². The molecular weight excluding hydrogens is 319 g/mol. The summed E-state index contributed by atoms with van der Waals surface area (Å²) in [6.45, 7) is 1.45. The van der Waals surface area contributed by atoms with Gasteiger partial charge in [0.15, 0.2) is 0 Å². The maximum Gasteiger partial charge on any atom is 0.416 e. The third-order valence-electron chi connectivity index (χ3n) is 3.22. The topological polar surface area (TPSA) is 101 Å². The molecule has 126 valence electrons. The largest absolute Gasteiger partial charge is 0.476 e. The fourth-order valence-corrected chi connectivity index (χ4v) is 2.15. The molecule has 23 heavy (non-hydrogen) atoms. The number of benzene rings is 1. The van der Waals surface area contributed by atoms with Crippen LogP contribution < -0.4 is 0 Å². The number of rotatable bonds is 6. The molecule has 0 spiro atoms. The monoisotopic (exact) mass is 333 g/mol. The van der Waals surface area contributed by atoms with Gasteiger partial charge >= 0.3 is 17.8 Å². The molecule has 0 heterocycles. The van der Waals surface area contributed by atoms with Crippen molar-refractivity contribution in [2.45, 2.75) is 31.9 Å². The van der Waals surface area contributed by atoms with Crippen LogP contribution in [-0.2, 0) is 11.0 Å². The van der Waals surface area contributed by atoms with Crippen LogP contribution in [-0.4, -0.2) is 20.9 Å². The average molecular weight is 333 g/mol. The number of hydrogen-bond donors (Lipinski definition) is 2. The van der Waals surface area contributed by atoms with Gasteiger partial charge in [0, 0.05) is 12.8 Å². The number of aliphatic hydroxyl groups is 2. The molecule has 6 nitrogen and oxygen atoms in total. The smallest absolute Gasteiger partial charge is 0.416 e. The van der Waals surface area contributed by atoms with Crippen molar-refractivity contribution in [3.63, 3.8) is 0 Å². The fraction of sp³-hybridized carbons (Fsp3) is 0.357. The second kappa shape index (κ2) is 7.12. The van der Waals surface area contributed by atoms with Crippen molar-refractivity contribution in [2.24, 2.45) is 0 Å². The summed E-state index contributed by atoms with van der Waals surface area (Å²) in [6.07, 6.45) is -5.51. The Morgan fingerprint density at radius 2 is 1.87 bits per heavy atom. The number of allylic oxidation sites excluding steroid dienone is 1. The highest BCUT2D eigenvalue weighted by Crippen LogP contribution is 2.39. The van der Waals surface area contributed by atoms with Crippen molar-refractivity contribution in [1.29, 1.82) is 0 Å². The number of carbonyl (C=O) groups is 1. The number of ketones is 1. The molecule has 0 aliphatic heterocycles. The van der Waals surface area contributed by atoms with Crippen LogP contribution in [0.5, 0.6) is 0 Å². The van der Waals surface area contributed by atoms with Gasteiger partial charge in [-0.3, -0.25) is 14.9 Å². The van der Waals surface area contributed by atoms with Crippen LogP contribution in [0.2, 0.25) is 0 Å². The van der Waals surface area contributed by atoms with Gasteiger partial charge in [0.05, 0.1) is 16.4 Å². The summed E-state index contributed by atoms with van der Waals surface area (Å²) in [5.41, 5.74) is -2.98. The molecular formula is C14H14F3NO5. The van der Waals surface area contributed by atoms with Crippen LogP contribution in [0, 0.1) is 10.1 Å². The molecule has 1 aromatic carbocycles. The molecule has 0 saturated carbocycles. The van der Waals surface area contributed by atoms with E-state index in [0.29, 0.717) is 6.07 Å². The zero-order valence-electron chi connectivity index (χ0n) is 12.0. The summed E-state index contributed by atoms with van der Waals surface area (Å²) in [5.74, 6) is -3.99. The Morgan fingerprint density at radius 3 is 2.30 bits per heavy atom. The molecule has 2 N–H and O–H groups in total. The van der Waals surface area contributed by atoms with E-state index < -0.39 is 52.0 Å². The normalized spacial score (nSPS) is 12.5. The lowest BCUT2D eigenvalue weighted by molar-refractivity contribution is -0.435. The highest BCUT2D eigenvalue weighted by atomic mass is 19.4. The number of halogens is 3. The SMILES string of the molecule is CCC(=O)CC(C(=C(O)O)[N+](=O)[O-])c1ccccc1C(F)(F)F. The first-order valence-electron chi connectivity index (χ1n) is 6.53. The Hall–Kier alpha value is -2.58. The fourth-order valence-electron chi connectivity index (χ4n) is 2.15. The number of nitro groups is 1. The van der Waals surface area contributed by atoms with Gasteiger partial charge in [-0.05, 0) is 11.6 Å². The second-order valence-electron chi connectivity index (χ2n) is 4.70. The molecule has 1 unspecified atom stereocenters. The van der Waals surface area contributed by atoms with Gasteiger partial charge in [0.1, 0.15) is 5.78 Å². The third-order valence-corrected chi connectivity index (χ3v) is 3.22. The molecule has 9 heteroatoms. The van der Waals surface area contributed by atoms with E-state index in [-0.39, 0.29) is 6.42 Å². The van der Waals surface area contributed by atoms with Gasteiger partial charge in [-0.25, -0.2) is 0 Å². The van der Waals surface area contributed by atoms with E-state index in [2.05, 4.69) is 0 Å². The lowest BCUT2D eigenvalue weighted by Gasteiger charge is -2.19. The lowest BCUT2D eigenvalue weighted by atomic mass is 9.87. The Bertz CT molecular complexity index is 636. The lowest BCUT2D eigenvalue weighted by Crippen LogP contribution is -2.20. The average Bonchev–Trinajstić information content (AvgIpc) is 2.44. The molecule has 0 amide bonds. The Balaban J connectivity index is 3.57. The van der Waals surface area contributed by atoms with Crippen LogP contribution >= 0.6 is 0 Å². The van der Waals surface area contributed by atoms with Crippen LogP contribution in [0.3, 0.4) is 0 Å². The van der Waals surface area contributed by atoms with Crippen molar-refractivity contribution in [3.8, 4) is 0 Å². The Labute approximate surface area is 129 Å². The minimum atomic E-state index is -4.81. The first kappa shape index (κ1) is 18.5. The van der Waals surface area contributed by atoms with E-state index >= 15 is 0 Å². The number of Topliss-reactive ketones (excluding diaryl/α,β-unsaturated/α-hetero) is 1. The summed E-state index contributed by atoms with van der Waals surface area (Å²) in [5, 5.41) is 29.2. The number of carbonyl (C=O) groups excluding carboxylic acids is 1. The Morgan fingerprint density at radius 1 is 1.30 bits per heavy atom. The predicted molar refractivity (Wildman–Crippen MR) is 73.4 cm³/mol. The molecule has 1 atom stereocenters. The highest BCUT2D eigenvalue weighted by molar-refractivity contribution is 5.79. The number of hydrogen-bond acceptors (Lipinski definition) is 5. The Kier molecular flexibility index (Phi) is 5.72. The van der Waals surface area contributed by atoms with E-state index in [1.807, 2.05) is 0 Å². The van der Waals surface area contributed by atoms with E-state index in [0.717, 1.165) is 12.1 Å². The van der Waals surface area contributed by atoms with Crippen molar-refractivity contribution >= 4 is 5.78 Å². The first-order chi connectivity index (χ1) is 10.6. The van der Waals surface area contributed by atoms with E-state index in [1.165, 1.54) is 13.0 Å². The quantitative estimate of drug-likeness (QED) is 0.469. The van der Waals surface area contributed by atoms with Gasteiger partial charge in [0.2, 0.25) is 0 Å². The van der Waals surface area contributed by atoms with Crippen LogP contribution in [0.15, 0.2) is 35.9 Å². The van der Waals surface area contributed by atoms with Crippen LogP contribution in [0.1, 0.15) is 36.8 Å². The predicted octanol–water partition coefficient (Wildman–Crippen LogP) is 3.72. The maximum absolute atomic E-state index is 13.1. The molecule has 0 fully saturated rings. The summed E-state index contributed by atoms with van der Waals surface area (Å²) < 4.78 is 39.3. The number of alkyl halides is 3. The zero-order chi connectivity index (χ0) is 17.8. The van der Waals surface area contributed by atoms with E-state index in [9.17, 15) is 28.1 Å². The van der Waals surface area contributed by atoms with Crippen molar-refractivity contribution in [2.75, 3.05) is 0 Å². The molecule has 0 aliphatic carbocycles. The molecule has 0 bridgehead atoms. The summed E-state index contributed by atoms with van der Waals surface area (Å²) in [7, 11) is 0. The summed E-state index contributed by atoms with van der Waals surface area (Å²) >= 11 is 0. The highest BCUT2D eigenvalue weighted by Gasteiger charge is 2.40. The molecule has 0 saturated heterocycles. The van der Waals surface area contributed by atoms with Crippen molar-refractivity contribution < 1.29 is 33.1 Å². The molecule has 0 aliphatic rings. The van der Waals surface area contributed by atoms with E-state index in [1.54, 1.807) is 0 Å². The number of nitrogens with zero attached hydrogens (tertiary/aromatic N) is 1.